The predicted octanol–water partition coefficient (Wildman–Crippen LogP) is 2.20. The molecule has 4 fully saturated rings. The third-order valence-electron chi connectivity index (χ3n) is 7.34. The molecule has 4 rings (SSSR count). The molecule has 0 radical (unpaired) electrons. The van der Waals surface area contributed by atoms with Gasteiger partial charge in [-0.1, -0.05) is 13.8 Å². The van der Waals surface area contributed by atoms with Crippen molar-refractivity contribution < 1.29 is 28.6 Å². The summed E-state index contributed by atoms with van der Waals surface area (Å²) in [6.07, 6.45) is 2.45. The van der Waals surface area contributed by atoms with Gasteiger partial charge in [0.2, 0.25) is 0 Å². The van der Waals surface area contributed by atoms with Gasteiger partial charge in [0.05, 0.1) is 11.3 Å². The van der Waals surface area contributed by atoms with E-state index in [1.165, 1.54) is 0 Å². The molecule has 6 atom stereocenters. The highest BCUT2D eigenvalue weighted by atomic mass is 16.6. The largest absolute Gasteiger partial charge is 0.458 e. The summed E-state index contributed by atoms with van der Waals surface area (Å²) in [6.45, 7) is 8.65. The first-order valence-corrected chi connectivity index (χ1v) is 10.3. The summed E-state index contributed by atoms with van der Waals surface area (Å²) >= 11 is 0. The summed E-state index contributed by atoms with van der Waals surface area (Å²) in [5.41, 5.74) is 4.46. The molecule has 158 valence electrons. The van der Waals surface area contributed by atoms with Gasteiger partial charge in [-0.05, 0) is 58.3 Å². The van der Waals surface area contributed by atoms with Crippen LogP contribution in [0.5, 0.6) is 0 Å². The molecule has 2 saturated carbocycles. The van der Waals surface area contributed by atoms with Gasteiger partial charge in [-0.2, -0.15) is 0 Å². The summed E-state index contributed by atoms with van der Waals surface area (Å²) < 4.78 is 16.5. The van der Waals surface area contributed by atoms with Gasteiger partial charge < -0.3 is 19.9 Å². The van der Waals surface area contributed by atoms with Crippen molar-refractivity contribution in [3.63, 3.8) is 0 Å². The van der Waals surface area contributed by atoms with Crippen molar-refractivity contribution in [3.8, 4) is 0 Å². The molecule has 4 aliphatic rings. The van der Waals surface area contributed by atoms with E-state index >= 15 is 0 Å². The van der Waals surface area contributed by atoms with Crippen molar-refractivity contribution >= 4 is 17.9 Å². The third kappa shape index (κ3) is 3.65. The number of nitrogens with two attached hydrogens (primary N) is 1. The van der Waals surface area contributed by atoms with Gasteiger partial charge in [0, 0.05) is 11.5 Å². The fraction of sp³-hybridized carbons (Fsp3) is 0.857. The molecule has 0 aromatic rings. The van der Waals surface area contributed by atoms with Gasteiger partial charge in [0.25, 0.3) is 0 Å². The standard InChI is InChI=1S/C21H33NO6/c1-11(2)21(5,20(3,4)22)19(25)26-10-16(23)28-17-13-6-12-7-14(9-13)18(24)27-15(17)8-12/h11-15,17H,6-10,22H2,1-5H3. The van der Waals surface area contributed by atoms with Crippen LogP contribution in [0.25, 0.3) is 0 Å². The normalized spacial score (nSPS) is 33.8. The topological polar surface area (TPSA) is 105 Å². The average molecular weight is 395 g/mol. The molecule has 28 heavy (non-hydrogen) atoms. The fourth-order valence-corrected chi connectivity index (χ4v) is 5.14. The molecule has 6 unspecified atom stereocenters. The van der Waals surface area contributed by atoms with Crippen molar-refractivity contribution in [1.82, 2.24) is 0 Å². The Balaban J connectivity index is 1.60. The van der Waals surface area contributed by atoms with E-state index in [4.69, 9.17) is 19.9 Å². The van der Waals surface area contributed by atoms with Crippen LogP contribution in [0.1, 0.15) is 60.3 Å². The lowest BCUT2D eigenvalue weighted by atomic mass is 9.66. The minimum absolute atomic E-state index is 0.0663. The quantitative estimate of drug-likeness (QED) is 0.543. The lowest BCUT2D eigenvalue weighted by Crippen LogP contribution is -2.57. The van der Waals surface area contributed by atoms with Crippen molar-refractivity contribution in [2.24, 2.45) is 34.8 Å². The van der Waals surface area contributed by atoms with Gasteiger partial charge in [-0.3, -0.25) is 9.59 Å². The van der Waals surface area contributed by atoms with Crippen LogP contribution in [0, 0.1) is 29.1 Å². The molecular formula is C21H33NO6. The zero-order chi connectivity index (χ0) is 20.9. The average Bonchev–Trinajstić information content (AvgIpc) is 2.75. The zero-order valence-electron chi connectivity index (χ0n) is 17.5. The minimum Gasteiger partial charge on any atom is -0.458 e. The van der Waals surface area contributed by atoms with Crippen LogP contribution in [0.4, 0.5) is 0 Å². The van der Waals surface area contributed by atoms with Crippen LogP contribution in [0.15, 0.2) is 0 Å². The summed E-state index contributed by atoms with van der Waals surface area (Å²) in [5, 5.41) is 0. The molecule has 0 spiro atoms. The van der Waals surface area contributed by atoms with Crippen LogP contribution < -0.4 is 5.73 Å². The first kappa shape index (κ1) is 21.1. The van der Waals surface area contributed by atoms with E-state index in [1.54, 1.807) is 20.8 Å². The molecule has 2 N–H and O–H groups in total. The van der Waals surface area contributed by atoms with E-state index < -0.39 is 35.6 Å². The second-order valence-corrected chi connectivity index (χ2v) is 9.85. The van der Waals surface area contributed by atoms with Crippen LogP contribution in [0.3, 0.4) is 0 Å². The maximum Gasteiger partial charge on any atom is 0.344 e. The lowest BCUT2D eigenvalue weighted by Gasteiger charge is -2.42. The highest BCUT2D eigenvalue weighted by Gasteiger charge is 2.52. The van der Waals surface area contributed by atoms with Crippen LogP contribution >= 0.6 is 0 Å². The first-order valence-electron chi connectivity index (χ1n) is 10.3. The molecule has 7 heteroatoms. The van der Waals surface area contributed by atoms with E-state index in [9.17, 15) is 14.4 Å². The number of carbonyl (C=O) groups excluding carboxylic acids is 3. The maximum absolute atomic E-state index is 12.7. The Bertz CT molecular complexity index is 654. The second-order valence-electron chi connectivity index (χ2n) is 9.85. The number of rotatable bonds is 6. The first-order chi connectivity index (χ1) is 12.9. The van der Waals surface area contributed by atoms with Gasteiger partial charge >= 0.3 is 17.9 Å². The van der Waals surface area contributed by atoms with Crippen molar-refractivity contribution in [2.75, 3.05) is 6.61 Å². The summed E-state index contributed by atoms with van der Waals surface area (Å²) in [4.78, 5) is 37.3. The Morgan fingerprint density at radius 1 is 1.18 bits per heavy atom. The lowest BCUT2D eigenvalue weighted by molar-refractivity contribution is -0.182. The molecular weight excluding hydrogens is 362 g/mol. The number of fused-ring (bicyclic) bond motifs is 1. The molecule has 2 aliphatic heterocycles. The Kier molecular flexibility index (Phi) is 5.51. The van der Waals surface area contributed by atoms with E-state index in [0.717, 1.165) is 19.3 Å². The fourth-order valence-electron chi connectivity index (χ4n) is 5.14. The van der Waals surface area contributed by atoms with E-state index in [0.29, 0.717) is 12.3 Å². The maximum atomic E-state index is 12.7. The smallest absolute Gasteiger partial charge is 0.344 e. The summed E-state index contributed by atoms with van der Waals surface area (Å²) in [5.74, 6) is -0.829. The number of ether oxygens (including phenoxy) is 3. The third-order valence-corrected chi connectivity index (χ3v) is 7.34. The highest BCUT2D eigenvalue weighted by molar-refractivity contribution is 5.81. The molecule has 0 aromatic heterocycles. The Hall–Kier alpha value is -1.63. The Morgan fingerprint density at radius 3 is 2.46 bits per heavy atom. The van der Waals surface area contributed by atoms with Gasteiger partial charge in [-0.15, -0.1) is 0 Å². The van der Waals surface area contributed by atoms with Crippen molar-refractivity contribution in [3.05, 3.63) is 0 Å². The van der Waals surface area contributed by atoms with E-state index in [-0.39, 0.29) is 29.8 Å². The molecule has 2 aliphatic carbocycles. The number of esters is 3. The highest BCUT2D eigenvalue weighted by Crippen LogP contribution is 2.48. The molecule has 7 nitrogen and oxygen atoms in total. The SMILES string of the molecule is CC(C)C(C)(C(=O)OCC(=O)OC1C2CC3CC(C2)C(=O)OC1C3)C(C)(C)N. The summed E-state index contributed by atoms with van der Waals surface area (Å²) in [6, 6.07) is 0. The van der Waals surface area contributed by atoms with Crippen LogP contribution in [0.2, 0.25) is 0 Å². The van der Waals surface area contributed by atoms with Crippen molar-refractivity contribution in [1.29, 1.82) is 0 Å². The monoisotopic (exact) mass is 395 g/mol. The summed E-state index contributed by atoms with van der Waals surface area (Å²) in [7, 11) is 0. The number of hydrogen-bond acceptors (Lipinski definition) is 7. The van der Waals surface area contributed by atoms with Gasteiger partial charge in [0.1, 0.15) is 12.2 Å². The van der Waals surface area contributed by atoms with Gasteiger partial charge in [-0.25, -0.2) is 4.79 Å². The van der Waals surface area contributed by atoms with E-state index in [1.807, 2.05) is 13.8 Å². The zero-order valence-corrected chi connectivity index (χ0v) is 17.5. The Labute approximate surface area is 166 Å². The Morgan fingerprint density at radius 2 is 1.86 bits per heavy atom. The number of hydrogen-bond donors (Lipinski definition) is 1. The van der Waals surface area contributed by atoms with Crippen molar-refractivity contribution in [2.45, 2.75) is 78.0 Å². The van der Waals surface area contributed by atoms with Gasteiger partial charge in [0.15, 0.2) is 6.61 Å². The predicted molar refractivity (Wildman–Crippen MR) is 101 cm³/mol. The van der Waals surface area contributed by atoms with E-state index in [2.05, 4.69) is 0 Å². The van der Waals surface area contributed by atoms with Crippen LogP contribution in [-0.2, 0) is 28.6 Å². The molecule has 0 aromatic carbocycles. The molecule has 4 bridgehead atoms. The molecule has 2 saturated heterocycles. The number of carbonyl (C=O) groups is 3. The molecule has 0 amide bonds. The second kappa shape index (κ2) is 7.32. The van der Waals surface area contributed by atoms with Crippen LogP contribution in [-0.4, -0.2) is 42.3 Å². The molecule has 2 heterocycles. The minimum atomic E-state index is -0.942.